The van der Waals surface area contributed by atoms with Gasteiger partial charge >= 0.3 is 0 Å². The van der Waals surface area contributed by atoms with E-state index < -0.39 is 29.3 Å². The van der Waals surface area contributed by atoms with Gasteiger partial charge in [-0.2, -0.15) is 0 Å². The van der Waals surface area contributed by atoms with Gasteiger partial charge in [0.2, 0.25) is 0 Å². The minimum Gasteiger partial charge on any atom is -0.507 e. The monoisotopic (exact) mass is 429 g/mol. The van der Waals surface area contributed by atoms with Crippen LogP contribution in [0.5, 0.6) is 5.75 Å². The largest absolute Gasteiger partial charge is 0.507 e. The summed E-state index contributed by atoms with van der Waals surface area (Å²) in [6.07, 6.45) is 0. The first-order valence-corrected chi connectivity index (χ1v) is 9.94. The fraction of sp³-hybridized carbons (Fsp3) is 0.304. The van der Waals surface area contributed by atoms with Gasteiger partial charge in [0, 0.05) is 17.7 Å². The van der Waals surface area contributed by atoms with Gasteiger partial charge in [-0.1, -0.05) is 18.2 Å². The molecule has 0 spiro atoms. The van der Waals surface area contributed by atoms with Crippen molar-refractivity contribution in [1.29, 1.82) is 0 Å². The lowest BCUT2D eigenvalue weighted by molar-refractivity contribution is -0.140. The highest BCUT2D eigenvalue weighted by Crippen LogP contribution is 2.40. The average Bonchev–Trinajstić information content (AvgIpc) is 3.02. The zero-order valence-corrected chi connectivity index (χ0v) is 17.1. The van der Waals surface area contributed by atoms with Gasteiger partial charge < -0.3 is 24.6 Å². The van der Waals surface area contributed by atoms with E-state index in [1.54, 1.807) is 30.3 Å². The molecule has 2 aromatic carbocycles. The number of carbonyl (C=O) groups is 2. The van der Waals surface area contributed by atoms with Crippen molar-refractivity contribution >= 4 is 17.4 Å². The number of aliphatic hydroxyl groups excluding tert-OH is 2. The maximum atomic E-state index is 14.7. The molecule has 0 unspecified atom stereocenters. The number of hydrogen-bond acceptors (Lipinski definition) is 6. The number of halogens is 1. The molecule has 1 aliphatic rings. The van der Waals surface area contributed by atoms with E-state index in [1.165, 1.54) is 23.1 Å². The lowest BCUT2D eigenvalue weighted by Crippen LogP contribution is -2.33. The molecule has 1 atom stereocenters. The van der Waals surface area contributed by atoms with Crippen LogP contribution in [-0.2, 0) is 14.3 Å². The highest BCUT2D eigenvalue weighted by Gasteiger charge is 2.46. The average molecular weight is 429 g/mol. The van der Waals surface area contributed by atoms with E-state index in [2.05, 4.69) is 0 Å². The van der Waals surface area contributed by atoms with Crippen molar-refractivity contribution in [3.8, 4) is 5.75 Å². The normalized spacial score (nSPS) is 17.9. The lowest BCUT2D eigenvalue weighted by Gasteiger charge is -2.25. The Bertz CT molecular complexity index is 972. The SMILES string of the molecule is CCOc1ccc(/C(O)=C2\C(=O)C(=O)N(CCOCCO)[C@H]2c2ccccc2F)cc1. The third-order valence-electron chi connectivity index (χ3n) is 4.89. The molecule has 1 amide bonds. The van der Waals surface area contributed by atoms with Gasteiger partial charge in [-0.3, -0.25) is 9.59 Å². The molecule has 2 aromatic rings. The Hall–Kier alpha value is -3.23. The number of rotatable bonds is 9. The number of likely N-dealkylation sites (tertiary alicyclic amines) is 1. The van der Waals surface area contributed by atoms with Gasteiger partial charge in [0.25, 0.3) is 11.7 Å². The Morgan fingerprint density at radius 2 is 1.81 bits per heavy atom. The van der Waals surface area contributed by atoms with Crippen molar-refractivity contribution < 1.29 is 33.7 Å². The molecular weight excluding hydrogens is 405 g/mol. The summed E-state index contributed by atoms with van der Waals surface area (Å²) in [6, 6.07) is 11.1. The summed E-state index contributed by atoms with van der Waals surface area (Å²) in [5, 5.41) is 19.8. The summed E-state index contributed by atoms with van der Waals surface area (Å²) in [6.45, 7) is 2.23. The third kappa shape index (κ3) is 4.76. The first-order valence-electron chi connectivity index (χ1n) is 9.94. The molecule has 2 N–H and O–H groups in total. The number of hydrogen-bond donors (Lipinski definition) is 2. The fourth-order valence-electron chi connectivity index (χ4n) is 3.49. The number of ketones is 1. The molecule has 0 saturated carbocycles. The highest BCUT2D eigenvalue weighted by atomic mass is 19.1. The summed E-state index contributed by atoms with van der Waals surface area (Å²) >= 11 is 0. The van der Waals surface area contributed by atoms with Crippen LogP contribution in [0.4, 0.5) is 4.39 Å². The summed E-state index contributed by atoms with van der Waals surface area (Å²) in [4.78, 5) is 26.8. The second kappa shape index (κ2) is 10.2. The maximum absolute atomic E-state index is 14.7. The first kappa shape index (κ1) is 22.5. The topological polar surface area (TPSA) is 96.3 Å². The predicted octanol–water partition coefficient (Wildman–Crippen LogP) is 2.66. The van der Waals surface area contributed by atoms with E-state index in [1.807, 2.05) is 6.92 Å². The number of nitrogens with zero attached hydrogens (tertiary/aromatic N) is 1. The Morgan fingerprint density at radius 1 is 1.10 bits per heavy atom. The van der Waals surface area contributed by atoms with Crippen molar-refractivity contribution in [2.75, 3.05) is 33.0 Å². The van der Waals surface area contributed by atoms with Crippen LogP contribution in [0.3, 0.4) is 0 Å². The third-order valence-corrected chi connectivity index (χ3v) is 4.89. The Labute approximate surface area is 179 Å². The van der Waals surface area contributed by atoms with Crippen LogP contribution in [0.1, 0.15) is 24.1 Å². The molecule has 164 valence electrons. The van der Waals surface area contributed by atoms with Crippen molar-refractivity contribution in [2.24, 2.45) is 0 Å². The molecule has 1 fully saturated rings. The summed E-state index contributed by atoms with van der Waals surface area (Å²) in [7, 11) is 0. The van der Waals surface area contributed by atoms with Crippen molar-refractivity contribution in [1.82, 2.24) is 4.90 Å². The molecular formula is C23H24FNO6. The van der Waals surface area contributed by atoms with Crippen LogP contribution < -0.4 is 4.74 Å². The molecule has 0 radical (unpaired) electrons. The second-order valence-electron chi connectivity index (χ2n) is 6.81. The highest BCUT2D eigenvalue weighted by molar-refractivity contribution is 6.46. The number of carbonyl (C=O) groups excluding carboxylic acids is 2. The van der Waals surface area contributed by atoms with Crippen molar-refractivity contribution in [3.05, 3.63) is 71.0 Å². The molecule has 31 heavy (non-hydrogen) atoms. The van der Waals surface area contributed by atoms with Crippen LogP contribution in [-0.4, -0.2) is 59.8 Å². The molecule has 1 saturated heterocycles. The van der Waals surface area contributed by atoms with Gasteiger partial charge in [-0.25, -0.2) is 4.39 Å². The molecule has 0 aliphatic carbocycles. The van der Waals surface area contributed by atoms with E-state index in [9.17, 15) is 19.1 Å². The van der Waals surface area contributed by atoms with Crippen molar-refractivity contribution in [3.63, 3.8) is 0 Å². The zero-order valence-electron chi connectivity index (χ0n) is 17.1. The number of benzene rings is 2. The van der Waals surface area contributed by atoms with Gasteiger partial charge in [0.05, 0.1) is 38.0 Å². The Morgan fingerprint density at radius 3 is 2.45 bits per heavy atom. The van der Waals surface area contributed by atoms with Crippen LogP contribution in [0.15, 0.2) is 54.1 Å². The van der Waals surface area contributed by atoms with Gasteiger partial charge in [-0.05, 0) is 37.3 Å². The molecule has 8 heteroatoms. The van der Waals surface area contributed by atoms with E-state index in [4.69, 9.17) is 14.6 Å². The van der Waals surface area contributed by atoms with Crippen LogP contribution in [0, 0.1) is 5.82 Å². The van der Waals surface area contributed by atoms with E-state index >= 15 is 0 Å². The standard InChI is InChI=1S/C23H24FNO6/c1-2-31-16-9-7-15(8-10-16)21(27)19-20(17-5-3-4-6-18(17)24)25(23(29)22(19)28)11-13-30-14-12-26/h3-10,20,26-27H,2,11-14H2,1H3/b21-19+/t20-/m0/s1. The zero-order chi connectivity index (χ0) is 22.4. The Balaban J connectivity index is 2.05. The van der Waals surface area contributed by atoms with E-state index in [0.717, 1.165) is 0 Å². The predicted molar refractivity (Wildman–Crippen MR) is 111 cm³/mol. The van der Waals surface area contributed by atoms with Crippen LogP contribution >= 0.6 is 0 Å². The van der Waals surface area contributed by atoms with E-state index in [-0.39, 0.29) is 37.5 Å². The number of amides is 1. The van der Waals surface area contributed by atoms with Gasteiger partial charge in [0.1, 0.15) is 17.3 Å². The molecule has 1 heterocycles. The minimum absolute atomic E-state index is 0.0103. The lowest BCUT2D eigenvalue weighted by atomic mass is 9.95. The molecule has 0 aromatic heterocycles. The molecule has 0 bridgehead atoms. The Kier molecular flexibility index (Phi) is 7.38. The molecule has 7 nitrogen and oxygen atoms in total. The smallest absolute Gasteiger partial charge is 0.295 e. The number of Topliss-reactive ketones (excluding diaryl/α,β-unsaturated/α-hetero) is 1. The maximum Gasteiger partial charge on any atom is 0.295 e. The minimum atomic E-state index is -1.11. The number of ether oxygens (including phenoxy) is 2. The van der Waals surface area contributed by atoms with Crippen LogP contribution in [0.25, 0.3) is 5.76 Å². The quantitative estimate of drug-likeness (QED) is 0.275. The molecule has 1 aliphatic heterocycles. The fourth-order valence-corrected chi connectivity index (χ4v) is 3.49. The number of aliphatic hydroxyl groups is 2. The van der Waals surface area contributed by atoms with Crippen LogP contribution in [0.2, 0.25) is 0 Å². The summed E-state index contributed by atoms with van der Waals surface area (Å²) in [5.74, 6) is -2.16. The van der Waals surface area contributed by atoms with Gasteiger partial charge in [-0.15, -0.1) is 0 Å². The first-order chi connectivity index (χ1) is 15.0. The molecule has 3 rings (SSSR count). The van der Waals surface area contributed by atoms with E-state index in [0.29, 0.717) is 17.9 Å². The summed E-state index contributed by atoms with van der Waals surface area (Å²) in [5.41, 5.74) is 0.206. The van der Waals surface area contributed by atoms with Gasteiger partial charge in [0.15, 0.2) is 0 Å². The second-order valence-corrected chi connectivity index (χ2v) is 6.81. The summed E-state index contributed by atoms with van der Waals surface area (Å²) < 4.78 is 25.3. The van der Waals surface area contributed by atoms with Crippen molar-refractivity contribution in [2.45, 2.75) is 13.0 Å².